The van der Waals surface area contributed by atoms with Crippen molar-refractivity contribution >= 4 is 0 Å². The minimum absolute atomic E-state index is 0.267. The van der Waals surface area contributed by atoms with Crippen molar-refractivity contribution in [2.24, 2.45) is 11.0 Å². The topological polar surface area (TPSA) is 79.5 Å². The predicted octanol–water partition coefficient (Wildman–Crippen LogP) is 1.74. The summed E-state index contributed by atoms with van der Waals surface area (Å²) in [5.74, 6) is 1.22. The minimum atomic E-state index is 0.267. The number of nitrogens with zero attached hydrogens (tertiary/aromatic N) is 6. The van der Waals surface area contributed by atoms with E-state index in [1.54, 1.807) is 4.68 Å². The summed E-state index contributed by atoms with van der Waals surface area (Å²) < 4.78 is 1.76. The molecule has 1 rings (SSSR count). The highest BCUT2D eigenvalue weighted by molar-refractivity contribution is 4.83. The van der Waals surface area contributed by atoms with Crippen molar-refractivity contribution in [1.29, 1.82) is 0 Å². The Morgan fingerprint density at radius 1 is 1.69 bits per heavy atom. The second-order valence-corrected chi connectivity index (χ2v) is 3.14. The zero-order valence-corrected chi connectivity index (χ0v) is 7.75. The molecular weight excluding hydrogens is 168 g/mol. The molecule has 0 saturated carbocycles. The molecule has 6 nitrogen and oxygen atoms in total. The molecule has 0 radical (unpaired) electrons. The second kappa shape index (κ2) is 4.47. The zero-order valence-electron chi connectivity index (χ0n) is 7.75. The van der Waals surface area contributed by atoms with E-state index in [1.807, 2.05) is 0 Å². The third-order valence-corrected chi connectivity index (χ3v) is 1.51. The molecule has 0 atom stereocenters. The van der Waals surface area contributed by atoms with Gasteiger partial charge < -0.3 is 0 Å². The smallest absolute Gasteiger partial charge is 0.138 e. The summed E-state index contributed by atoms with van der Waals surface area (Å²) in [5, 5.41) is 7.47. The van der Waals surface area contributed by atoms with Crippen LogP contribution in [-0.2, 0) is 13.1 Å². The fraction of sp³-hybridized carbons (Fsp3) is 0.714. The number of hydrogen-bond donors (Lipinski definition) is 0. The Hall–Kier alpha value is -1.55. The summed E-state index contributed by atoms with van der Waals surface area (Å²) >= 11 is 0. The van der Waals surface area contributed by atoms with Crippen LogP contribution in [0.3, 0.4) is 0 Å². The first-order valence-electron chi connectivity index (χ1n) is 4.11. The quantitative estimate of drug-likeness (QED) is 0.402. The van der Waals surface area contributed by atoms with Gasteiger partial charge in [-0.3, -0.25) is 0 Å². The second-order valence-electron chi connectivity index (χ2n) is 3.14. The van der Waals surface area contributed by atoms with E-state index in [9.17, 15) is 0 Å². The lowest BCUT2D eigenvalue weighted by Crippen LogP contribution is -2.09. The van der Waals surface area contributed by atoms with E-state index >= 15 is 0 Å². The van der Waals surface area contributed by atoms with Crippen molar-refractivity contribution in [1.82, 2.24) is 14.8 Å². The molecule has 0 aromatic carbocycles. The van der Waals surface area contributed by atoms with E-state index in [1.165, 1.54) is 6.33 Å². The Kier molecular flexibility index (Phi) is 3.28. The van der Waals surface area contributed by atoms with Crippen LogP contribution in [0.15, 0.2) is 11.4 Å². The molecular formula is C7H12N6. The first kappa shape index (κ1) is 9.54. The van der Waals surface area contributed by atoms with Crippen molar-refractivity contribution in [3.8, 4) is 0 Å². The van der Waals surface area contributed by atoms with E-state index in [2.05, 4.69) is 34.0 Å². The maximum Gasteiger partial charge on any atom is 0.138 e. The van der Waals surface area contributed by atoms with E-state index in [0.717, 1.165) is 6.54 Å². The fourth-order valence-corrected chi connectivity index (χ4v) is 1.00. The molecule has 1 aromatic heterocycles. The summed E-state index contributed by atoms with van der Waals surface area (Å²) in [4.78, 5) is 6.67. The van der Waals surface area contributed by atoms with Gasteiger partial charge in [0, 0.05) is 11.5 Å². The average molecular weight is 180 g/mol. The van der Waals surface area contributed by atoms with Crippen LogP contribution >= 0.6 is 0 Å². The van der Waals surface area contributed by atoms with Crippen molar-refractivity contribution in [3.63, 3.8) is 0 Å². The van der Waals surface area contributed by atoms with Gasteiger partial charge in [0.1, 0.15) is 12.2 Å². The molecule has 0 unspecified atom stereocenters. The normalized spacial score (nSPS) is 10.1. The van der Waals surface area contributed by atoms with Crippen LogP contribution in [-0.4, -0.2) is 14.8 Å². The molecule has 0 aliphatic rings. The molecule has 0 fully saturated rings. The molecule has 0 bridgehead atoms. The Morgan fingerprint density at radius 3 is 3.08 bits per heavy atom. The number of rotatable bonds is 4. The van der Waals surface area contributed by atoms with Gasteiger partial charge >= 0.3 is 0 Å². The molecule has 0 spiro atoms. The number of hydrogen-bond acceptors (Lipinski definition) is 3. The molecule has 1 heterocycles. The van der Waals surface area contributed by atoms with Crippen molar-refractivity contribution in [2.45, 2.75) is 26.9 Å². The molecule has 1 aromatic rings. The van der Waals surface area contributed by atoms with Gasteiger partial charge in [0.2, 0.25) is 0 Å². The van der Waals surface area contributed by atoms with Gasteiger partial charge in [-0.15, -0.1) is 0 Å². The van der Waals surface area contributed by atoms with Crippen LogP contribution < -0.4 is 0 Å². The molecule has 0 N–H and O–H groups in total. The molecule has 0 amide bonds. The third kappa shape index (κ3) is 2.76. The highest BCUT2D eigenvalue weighted by Crippen LogP contribution is 2.02. The summed E-state index contributed by atoms with van der Waals surface area (Å²) in [5.41, 5.74) is 8.14. The highest BCUT2D eigenvalue weighted by Gasteiger charge is 2.03. The fourth-order valence-electron chi connectivity index (χ4n) is 1.00. The van der Waals surface area contributed by atoms with E-state index in [4.69, 9.17) is 5.53 Å². The summed E-state index contributed by atoms with van der Waals surface area (Å²) in [7, 11) is 0. The Morgan fingerprint density at radius 2 is 2.46 bits per heavy atom. The van der Waals surface area contributed by atoms with Crippen molar-refractivity contribution in [3.05, 3.63) is 22.6 Å². The maximum absolute atomic E-state index is 8.14. The Balaban J connectivity index is 2.70. The Labute approximate surface area is 76.2 Å². The van der Waals surface area contributed by atoms with Crippen LogP contribution in [0.1, 0.15) is 19.7 Å². The van der Waals surface area contributed by atoms with E-state index in [-0.39, 0.29) is 6.54 Å². The maximum atomic E-state index is 8.14. The van der Waals surface area contributed by atoms with Crippen LogP contribution in [0, 0.1) is 5.92 Å². The van der Waals surface area contributed by atoms with Gasteiger partial charge in [-0.05, 0) is 11.4 Å². The molecule has 70 valence electrons. The first-order valence-corrected chi connectivity index (χ1v) is 4.11. The zero-order chi connectivity index (χ0) is 9.68. The van der Waals surface area contributed by atoms with Crippen molar-refractivity contribution in [2.75, 3.05) is 0 Å². The van der Waals surface area contributed by atoms with Gasteiger partial charge in [-0.1, -0.05) is 19.0 Å². The first-order chi connectivity index (χ1) is 6.24. The lowest BCUT2D eigenvalue weighted by Gasteiger charge is -2.06. The van der Waals surface area contributed by atoms with Crippen molar-refractivity contribution < 1.29 is 0 Å². The Bertz CT molecular complexity index is 309. The summed E-state index contributed by atoms with van der Waals surface area (Å²) in [6, 6.07) is 0. The van der Waals surface area contributed by atoms with Crippen LogP contribution in [0.5, 0.6) is 0 Å². The number of aromatic nitrogens is 3. The van der Waals surface area contributed by atoms with Gasteiger partial charge in [0.15, 0.2) is 0 Å². The molecule has 0 aliphatic heterocycles. The van der Waals surface area contributed by atoms with E-state index < -0.39 is 0 Å². The largest absolute Gasteiger partial charge is 0.250 e. The van der Waals surface area contributed by atoms with Crippen LogP contribution in [0.4, 0.5) is 0 Å². The van der Waals surface area contributed by atoms with Gasteiger partial charge in [0.25, 0.3) is 0 Å². The lowest BCUT2D eigenvalue weighted by molar-refractivity contribution is 0.466. The van der Waals surface area contributed by atoms with Crippen LogP contribution in [0.2, 0.25) is 0 Å². The average Bonchev–Trinajstić information content (AvgIpc) is 2.48. The minimum Gasteiger partial charge on any atom is -0.250 e. The molecule has 6 heteroatoms. The van der Waals surface area contributed by atoms with Gasteiger partial charge in [-0.25, -0.2) is 9.67 Å². The summed E-state index contributed by atoms with van der Waals surface area (Å²) in [6.45, 7) is 5.26. The van der Waals surface area contributed by atoms with E-state index in [0.29, 0.717) is 11.7 Å². The lowest BCUT2D eigenvalue weighted by atomic mass is 10.2. The summed E-state index contributed by atoms with van der Waals surface area (Å²) in [6.07, 6.45) is 1.48. The van der Waals surface area contributed by atoms with Gasteiger partial charge in [0.05, 0.1) is 6.54 Å². The standard InChI is InChI=1S/C7H12N6/c1-6(2)4-13-7(3-10-12-8)9-5-11-13/h5-6H,3-4H2,1-2H3. The van der Waals surface area contributed by atoms with Crippen LogP contribution in [0.25, 0.3) is 10.4 Å². The highest BCUT2D eigenvalue weighted by atomic mass is 15.3. The monoisotopic (exact) mass is 180 g/mol. The molecule has 0 saturated heterocycles. The van der Waals surface area contributed by atoms with Gasteiger partial charge in [-0.2, -0.15) is 5.10 Å². The molecule has 0 aliphatic carbocycles. The third-order valence-electron chi connectivity index (χ3n) is 1.51. The number of azide groups is 1. The molecule has 13 heavy (non-hydrogen) atoms. The SMILES string of the molecule is CC(C)Cn1ncnc1CN=[N+]=[N-]. The predicted molar refractivity (Wildman–Crippen MR) is 47.7 cm³/mol.